The number of benzene rings is 2. The summed E-state index contributed by atoms with van der Waals surface area (Å²) in [5.41, 5.74) is 1.80. The molecule has 0 atom stereocenters. The van der Waals surface area contributed by atoms with Crippen LogP contribution in [0, 0.1) is 12.7 Å². The van der Waals surface area contributed by atoms with Crippen LogP contribution in [0.2, 0.25) is 0 Å². The zero-order valence-electron chi connectivity index (χ0n) is 14.6. The van der Waals surface area contributed by atoms with Gasteiger partial charge in [-0.05, 0) is 43.3 Å². The number of anilines is 1. The molecular weight excluding hydrogens is 351 g/mol. The Hall–Kier alpha value is -3.35. The molecule has 0 saturated carbocycles. The third-order valence-electron chi connectivity index (χ3n) is 4.14. The molecule has 27 heavy (non-hydrogen) atoms. The lowest BCUT2D eigenvalue weighted by molar-refractivity contribution is -0.115. The first-order valence-corrected chi connectivity index (χ1v) is 8.50. The minimum atomic E-state index is -0.332. The smallest absolute Gasteiger partial charge is 0.230 e. The number of nitrogens with zero attached hydrogens (tertiary/aromatic N) is 1. The molecule has 1 N–H and O–H groups in total. The first-order chi connectivity index (χ1) is 13.1. The number of amides is 1. The fourth-order valence-electron chi connectivity index (χ4n) is 2.79. The molecule has 2 aromatic carbocycles. The lowest BCUT2D eigenvalue weighted by atomic mass is 10.2. The number of aromatic nitrogens is 1. The van der Waals surface area contributed by atoms with Crippen LogP contribution in [-0.4, -0.2) is 24.1 Å². The molecule has 0 unspecified atom stereocenters. The van der Waals surface area contributed by atoms with Gasteiger partial charge in [-0.25, -0.2) is 9.37 Å². The Morgan fingerprint density at radius 1 is 1.11 bits per heavy atom. The number of nitrogens with one attached hydrogen (secondary N) is 1. The van der Waals surface area contributed by atoms with Crippen molar-refractivity contribution in [1.82, 2.24) is 4.98 Å². The van der Waals surface area contributed by atoms with Crippen molar-refractivity contribution in [3.05, 3.63) is 59.7 Å². The van der Waals surface area contributed by atoms with Crippen molar-refractivity contribution in [2.75, 3.05) is 18.5 Å². The van der Waals surface area contributed by atoms with E-state index in [1.54, 1.807) is 37.3 Å². The molecule has 1 aliphatic heterocycles. The first kappa shape index (κ1) is 17.1. The molecule has 0 radical (unpaired) electrons. The molecule has 1 aromatic heterocycles. The summed E-state index contributed by atoms with van der Waals surface area (Å²) in [6.07, 6.45) is 0.0605. The summed E-state index contributed by atoms with van der Waals surface area (Å²) in [5, 5.41) is 2.82. The molecule has 138 valence electrons. The van der Waals surface area contributed by atoms with Gasteiger partial charge in [-0.3, -0.25) is 4.79 Å². The number of hydrogen-bond donors (Lipinski definition) is 1. The number of oxazole rings is 1. The number of carbonyl (C=O) groups is 1. The lowest BCUT2D eigenvalue weighted by Gasteiger charge is -2.18. The maximum absolute atomic E-state index is 13.1. The summed E-state index contributed by atoms with van der Waals surface area (Å²) in [6, 6.07) is 11.1. The van der Waals surface area contributed by atoms with Crippen molar-refractivity contribution in [2.45, 2.75) is 13.3 Å². The summed E-state index contributed by atoms with van der Waals surface area (Å²) in [4.78, 5) is 16.7. The van der Waals surface area contributed by atoms with Gasteiger partial charge in [0.05, 0.1) is 12.1 Å². The number of rotatable bonds is 4. The highest BCUT2D eigenvalue weighted by Crippen LogP contribution is 2.32. The average molecular weight is 368 g/mol. The second-order valence-corrected chi connectivity index (χ2v) is 6.11. The number of fused-ring (bicyclic) bond motifs is 1. The molecule has 0 saturated heterocycles. The van der Waals surface area contributed by atoms with E-state index in [4.69, 9.17) is 13.9 Å². The quantitative estimate of drug-likeness (QED) is 0.759. The minimum absolute atomic E-state index is 0.0605. The first-order valence-electron chi connectivity index (χ1n) is 8.50. The van der Waals surface area contributed by atoms with E-state index >= 15 is 0 Å². The van der Waals surface area contributed by atoms with E-state index in [0.29, 0.717) is 53.3 Å². The van der Waals surface area contributed by atoms with Crippen LogP contribution >= 0.6 is 0 Å². The second-order valence-electron chi connectivity index (χ2n) is 6.11. The van der Waals surface area contributed by atoms with E-state index < -0.39 is 0 Å². The number of carbonyl (C=O) groups excluding carboxylic acids is 1. The highest BCUT2D eigenvalue weighted by Gasteiger charge is 2.16. The maximum Gasteiger partial charge on any atom is 0.230 e. The molecule has 3 aromatic rings. The van der Waals surface area contributed by atoms with Gasteiger partial charge in [-0.1, -0.05) is 0 Å². The molecule has 6 nitrogen and oxygen atoms in total. The second kappa shape index (κ2) is 7.11. The van der Waals surface area contributed by atoms with Gasteiger partial charge < -0.3 is 19.2 Å². The Balaban J connectivity index is 1.46. The topological polar surface area (TPSA) is 73.6 Å². The number of ether oxygens (including phenoxy) is 2. The molecular formula is C20H17FN2O4. The van der Waals surface area contributed by atoms with Crippen LogP contribution in [-0.2, 0) is 11.2 Å². The molecule has 0 aliphatic carbocycles. The van der Waals surface area contributed by atoms with Crippen LogP contribution in [0.5, 0.6) is 11.5 Å². The Morgan fingerprint density at radius 2 is 1.85 bits per heavy atom. The molecule has 0 fully saturated rings. The van der Waals surface area contributed by atoms with Gasteiger partial charge in [0.2, 0.25) is 11.8 Å². The highest BCUT2D eigenvalue weighted by molar-refractivity contribution is 5.92. The lowest BCUT2D eigenvalue weighted by Crippen LogP contribution is -2.17. The van der Waals surface area contributed by atoms with Gasteiger partial charge in [0.1, 0.15) is 24.8 Å². The van der Waals surface area contributed by atoms with Gasteiger partial charge >= 0.3 is 0 Å². The van der Waals surface area contributed by atoms with Crippen molar-refractivity contribution in [2.24, 2.45) is 0 Å². The van der Waals surface area contributed by atoms with Gasteiger partial charge in [0, 0.05) is 17.3 Å². The van der Waals surface area contributed by atoms with Gasteiger partial charge in [-0.15, -0.1) is 0 Å². The zero-order chi connectivity index (χ0) is 18.8. The van der Waals surface area contributed by atoms with Crippen molar-refractivity contribution in [3.8, 4) is 23.0 Å². The summed E-state index contributed by atoms with van der Waals surface area (Å²) >= 11 is 0. The van der Waals surface area contributed by atoms with E-state index in [1.165, 1.54) is 12.1 Å². The largest absolute Gasteiger partial charge is 0.486 e. The summed E-state index contributed by atoms with van der Waals surface area (Å²) in [5.74, 6) is 1.61. The molecule has 0 spiro atoms. The molecule has 7 heteroatoms. The molecule has 1 aliphatic rings. The van der Waals surface area contributed by atoms with E-state index in [9.17, 15) is 9.18 Å². The normalized spacial score (nSPS) is 12.7. The van der Waals surface area contributed by atoms with E-state index in [1.807, 2.05) is 0 Å². The molecule has 0 bridgehead atoms. The monoisotopic (exact) mass is 368 g/mol. The maximum atomic E-state index is 13.1. The molecule has 4 rings (SSSR count). The van der Waals surface area contributed by atoms with Crippen molar-refractivity contribution in [1.29, 1.82) is 0 Å². The third-order valence-corrected chi connectivity index (χ3v) is 4.14. The summed E-state index contributed by atoms with van der Waals surface area (Å²) < 4.78 is 29.6. The van der Waals surface area contributed by atoms with Gasteiger partial charge in [0.25, 0.3) is 0 Å². The highest BCUT2D eigenvalue weighted by atomic mass is 19.1. The van der Waals surface area contributed by atoms with Crippen LogP contribution in [0.15, 0.2) is 46.9 Å². The fourth-order valence-corrected chi connectivity index (χ4v) is 2.79. The van der Waals surface area contributed by atoms with E-state index in [-0.39, 0.29) is 18.1 Å². The third kappa shape index (κ3) is 3.76. The van der Waals surface area contributed by atoms with Crippen LogP contribution in [0.4, 0.5) is 10.1 Å². The standard InChI is InChI=1S/C20H17FN2O4/c1-12-16(23-20(27-12)13-2-4-14(21)5-3-13)11-19(24)22-15-6-7-17-18(10-15)26-9-8-25-17/h2-7,10H,8-9,11H2,1H3,(H,22,24). The van der Waals surface area contributed by atoms with Gasteiger partial charge in [-0.2, -0.15) is 0 Å². The number of halogens is 1. The predicted octanol–water partition coefficient (Wildman–Crippen LogP) is 3.74. The number of aryl methyl sites for hydroxylation is 1. The van der Waals surface area contributed by atoms with Crippen molar-refractivity contribution in [3.63, 3.8) is 0 Å². The molecule has 2 heterocycles. The van der Waals surface area contributed by atoms with E-state index in [0.717, 1.165) is 0 Å². The Morgan fingerprint density at radius 3 is 2.63 bits per heavy atom. The van der Waals surface area contributed by atoms with Crippen LogP contribution in [0.3, 0.4) is 0 Å². The average Bonchev–Trinajstić information content (AvgIpc) is 3.02. The Labute approximate surface area is 154 Å². The Kier molecular flexibility index (Phi) is 4.50. The van der Waals surface area contributed by atoms with Crippen molar-refractivity contribution < 1.29 is 23.1 Å². The van der Waals surface area contributed by atoms with Gasteiger partial charge in [0.15, 0.2) is 11.5 Å². The predicted molar refractivity (Wildman–Crippen MR) is 96.4 cm³/mol. The van der Waals surface area contributed by atoms with E-state index in [2.05, 4.69) is 10.3 Å². The fraction of sp³-hybridized carbons (Fsp3) is 0.200. The van der Waals surface area contributed by atoms with Crippen LogP contribution < -0.4 is 14.8 Å². The van der Waals surface area contributed by atoms with Crippen molar-refractivity contribution >= 4 is 11.6 Å². The molecule has 1 amide bonds. The summed E-state index contributed by atoms with van der Waals surface area (Å²) in [6.45, 7) is 2.74. The Bertz CT molecular complexity index is 982. The number of hydrogen-bond acceptors (Lipinski definition) is 5. The zero-order valence-corrected chi connectivity index (χ0v) is 14.6. The SMILES string of the molecule is Cc1oc(-c2ccc(F)cc2)nc1CC(=O)Nc1ccc2c(c1)OCCO2. The van der Waals surface area contributed by atoms with Crippen LogP contribution in [0.1, 0.15) is 11.5 Å². The minimum Gasteiger partial charge on any atom is -0.486 e. The van der Waals surface area contributed by atoms with Crippen LogP contribution in [0.25, 0.3) is 11.5 Å². The summed E-state index contributed by atoms with van der Waals surface area (Å²) in [7, 11) is 0.